The van der Waals surface area contributed by atoms with Crippen LogP contribution in [0.4, 0.5) is 0 Å². The lowest BCUT2D eigenvalue weighted by Gasteiger charge is -2.17. The van der Waals surface area contributed by atoms with E-state index in [1.165, 1.54) is 0 Å². The first-order valence-electron chi connectivity index (χ1n) is 1.78. The molecule has 1 unspecified atom stereocenters. The van der Waals surface area contributed by atoms with E-state index in [4.69, 9.17) is 34.8 Å². The molecular formula is C3H2Cl3IO2. The second-order valence-electron chi connectivity index (χ2n) is 1.08. The quantitative estimate of drug-likeness (QED) is 0.454. The van der Waals surface area contributed by atoms with Crippen LogP contribution in [0.2, 0.25) is 0 Å². The minimum Gasteiger partial charge on any atom is -0.428 e. The van der Waals surface area contributed by atoms with Crippen molar-refractivity contribution in [3.8, 4) is 0 Å². The Balaban J connectivity index is 3.84. The highest BCUT2D eigenvalue weighted by Gasteiger charge is 2.33. The molecule has 0 amide bonds. The second-order valence-corrected chi connectivity index (χ2v) is 4.81. The van der Waals surface area contributed by atoms with Crippen molar-refractivity contribution in [2.24, 2.45) is 0 Å². The van der Waals surface area contributed by atoms with Gasteiger partial charge in [0, 0.05) is 0 Å². The highest BCUT2D eigenvalue weighted by Crippen LogP contribution is 2.33. The Morgan fingerprint density at radius 1 is 1.67 bits per heavy atom. The van der Waals surface area contributed by atoms with Crippen LogP contribution < -0.4 is 0 Å². The summed E-state index contributed by atoms with van der Waals surface area (Å²) in [6, 6.07) is 0. The largest absolute Gasteiger partial charge is 0.428 e. The van der Waals surface area contributed by atoms with Crippen molar-refractivity contribution >= 4 is 63.9 Å². The highest BCUT2D eigenvalue weighted by atomic mass is 127. The number of ether oxygens (including phenoxy) is 1. The molecule has 6 heteroatoms. The minimum absolute atomic E-state index is 0.147. The molecular weight excluding hydrogens is 301 g/mol. The molecule has 0 bridgehead atoms. The van der Waals surface area contributed by atoms with E-state index in [9.17, 15) is 4.79 Å². The number of rotatable bonds is 3. The number of hydrogen-bond acceptors (Lipinski definition) is 2. The third-order valence-corrected chi connectivity index (χ3v) is 3.22. The smallest absolute Gasteiger partial charge is 0.295 e. The zero-order valence-corrected chi connectivity index (χ0v) is 8.41. The lowest BCUT2D eigenvalue weighted by molar-refractivity contribution is -0.131. The average Bonchev–Trinajstić information content (AvgIpc) is 1.65. The van der Waals surface area contributed by atoms with Crippen LogP contribution in [0.3, 0.4) is 0 Å². The Labute approximate surface area is 80.9 Å². The summed E-state index contributed by atoms with van der Waals surface area (Å²) in [7, 11) is 0. The predicted octanol–water partition coefficient (Wildman–Crippen LogP) is 2.29. The highest BCUT2D eigenvalue weighted by molar-refractivity contribution is 14.1. The molecule has 9 heavy (non-hydrogen) atoms. The molecule has 1 atom stereocenters. The van der Waals surface area contributed by atoms with Crippen molar-refractivity contribution in [3.63, 3.8) is 0 Å². The van der Waals surface area contributed by atoms with Gasteiger partial charge < -0.3 is 4.74 Å². The Morgan fingerprint density at radius 2 is 2.11 bits per heavy atom. The van der Waals surface area contributed by atoms with Gasteiger partial charge in [-0.2, -0.15) is 0 Å². The monoisotopic (exact) mass is 302 g/mol. The van der Waals surface area contributed by atoms with Gasteiger partial charge in [0.1, 0.15) is 0 Å². The van der Waals surface area contributed by atoms with E-state index in [-0.39, 0.29) is 6.47 Å². The van der Waals surface area contributed by atoms with Crippen molar-refractivity contribution in [1.82, 2.24) is 0 Å². The summed E-state index contributed by atoms with van der Waals surface area (Å²) < 4.78 is 1.92. The summed E-state index contributed by atoms with van der Waals surface area (Å²) >= 11 is 17.8. The van der Waals surface area contributed by atoms with Crippen molar-refractivity contribution in [3.05, 3.63) is 0 Å². The fraction of sp³-hybridized carbons (Fsp3) is 0.667. The van der Waals surface area contributed by atoms with Crippen LogP contribution >= 0.6 is 57.4 Å². The van der Waals surface area contributed by atoms with Crippen molar-refractivity contribution in [1.29, 1.82) is 0 Å². The van der Waals surface area contributed by atoms with Crippen LogP contribution in [-0.4, -0.2) is 14.4 Å². The lowest BCUT2D eigenvalue weighted by atomic mass is 10.8. The zero-order valence-electron chi connectivity index (χ0n) is 3.98. The van der Waals surface area contributed by atoms with Gasteiger partial charge >= 0.3 is 0 Å². The van der Waals surface area contributed by atoms with Crippen LogP contribution in [0.25, 0.3) is 0 Å². The molecule has 0 heterocycles. The van der Waals surface area contributed by atoms with Gasteiger partial charge in [-0.05, 0) is 0 Å². The number of alkyl halides is 4. The van der Waals surface area contributed by atoms with E-state index in [1.807, 2.05) is 0 Å². The summed E-state index contributed by atoms with van der Waals surface area (Å²) in [5.74, 6) is 0. The summed E-state index contributed by atoms with van der Waals surface area (Å²) in [5, 5.41) is 0. The molecule has 0 fully saturated rings. The summed E-state index contributed by atoms with van der Waals surface area (Å²) in [5.41, 5.74) is 0. The third-order valence-electron chi connectivity index (χ3n) is 0.459. The maximum atomic E-state index is 9.67. The molecule has 0 aliphatic carbocycles. The first kappa shape index (κ1) is 10.1. The van der Waals surface area contributed by atoms with E-state index >= 15 is 0 Å². The average molecular weight is 303 g/mol. The van der Waals surface area contributed by atoms with Gasteiger partial charge in [-0.25, -0.2) is 0 Å². The molecule has 0 N–H and O–H groups in total. The molecule has 0 saturated carbocycles. The fourth-order valence-corrected chi connectivity index (χ4v) is 0.387. The van der Waals surface area contributed by atoms with Crippen LogP contribution in [0.15, 0.2) is 0 Å². The van der Waals surface area contributed by atoms with Crippen LogP contribution in [0, 0.1) is 0 Å². The predicted molar refractivity (Wildman–Crippen MR) is 45.2 cm³/mol. The Bertz CT molecular complexity index is 105. The number of halogens is 4. The molecule has 0 aliphatic heterocycles. The van der Waals surface area contributed by atoms with Crippen molar-refractivity contribution < 1.29 is 9.53 Å². The maximum absolute atomic E-state index is 9.67. The van der Waals surface area contributed by atoms with Gasteiger partial charge in [-0.3, -0.25) is 4.79 Å². The van der Waals surface area contributed by atoms with Gasteiger partial charge in [0.25, 0.3) is 11.0 Å². The van der Waals surface area contributed by atoms with E-state index in [2.05, 4.69) is 4.74 Å². The minimum atomic E-state index is -1.62. The summed E-state index contributed by atoms with van der Waals surface area (Å²) in [6.45, 7) is 0.147. The van der Waals surface area contributed by atoms with E-state index in [1.54, 1.807) is 22.6 Å². The summed E-state index contributed by atoms with van der Waals surface area (Å²) in [4.78, 5) is 9.67. The maximum Gasteiger partial charge on any atom is 0.295 e. The SMILES string of the molecule is O=COC(Cl)(Cl)C(Cl)I. The van der Waals surface area contributed by atoms with Gasteiger partial charge in [0.15, 0.2) is 3.38 Å². The molecule has 0 aromatic rings. The first-order valence-corrected chi connectivity index (χ1v) is 4.22. The molecule has 2 nitrogen and oxygen atoms in total. The Morgan fingerprint density at radius 3 is 2.22 bits per heavy atom. The second kappa shape index (κ2) is 4.05. The van der Waals surface area contributed by atoms with Crippen molar-refractivity contribution in [2.45, 2.75) is 7.90 Å². The van der Waals surface area contributed by atoms with Gasteiger partial charge in [0.2, 0.25) is 0 Å². The fourth-order valence-electron chi connectivity index (χ4n) is 0.116. The van der Waals surface area contributed by atoms with Gasteiger partial charge in [0.05, 0.1) is 0 Å². The normalized spacial score (nSPS) is 14.7. The first-order chi connectivity index (χ1) is 4.00. The molecule has 0 saturated heterocycles. The topological polar surface area (TPSA) is 26.3 Å². The third kappa shape index (κ3) is 3.70. The number of carbonyl (C=O) groups is 1. The number of carbonyl (C=O) groups excluding carboxylic acids is 1. The molecule has 54 valence electrons. The standard InChI is InChI=1S/C3H2Cl3IO2/c4-2(7)3(5,6)9-1-8/h1-2H. The summed E-state index contributed by atoms with van der Waals surface area (Å²) in [6.07, 6.45) is 0. The van der Waals surface area contributed by atoms with E-state index < -0.39 is 7.90 Å². The van der Waals surface area contributed by atoms with Crippen LogP contribution in [0.5, 0.6) is 0 Å². The number of hydrogen-bond donors (Lipinski definition) is 0. The molecule has 0 radical (unpaired) electrons. The van der Waals surface area contributed by atoms with E-state index in [0.29, 0.717) is 0 Å². The molecule has 0 aromatic heterocycles. The zero-order chi connectivity index (χ0) is 7.49. The van der Waals surface area contributed by atoms with Crippen LogP contribution in [-0.2, 0) is 9.53 Å². The lowest BCUT2D eigenvalue weighted by Crippen LogP contribution is -2.24. The molecule has 0 spiro atoms. The molecule has 0 aliphatic rings. The van der Waals surface area contributed by atoms with Gasteiger partial charge in [-0.15, -0.1) is 11.6 Å². The van der Waals surface area contributed by atoms with Gasteiger partial charge in [-0.1, -0.05) is 45.8 Å². The molecule has 0 rings (SSSR count). The molecule has 0 aromatic carbocycles. The Kier molecular flexibility index (Phi) is 4.54. The van der Waals surface area contributed by atoms with Crippen molar-refractivity contribution in [2.75, 3.05) is 0 Å². The van der Waals surface area contributed by atoms with Crippen LogP contribution in [0.1, 0.15) is 0 Å². The Hall–Kier alpha value is 1.07. The van der Waals surface area contributed by atoms with E-state index in [0.717, 1.165) is 0 Å².